The molecule has 0 saturated carbocycles. The van der Waals surface area contributed by atoms with E-state index in [0.29, 0.717) is 6.29 Å². The standard InChI is InChI=1S/C5H5FO/c1-5(4-7)2-3-6/h4-5H,1H3. The van der Waals surface area contributed by atoms with Crippen molar-refractivity contribution in [2.75, 3.05) is 0 Å². The van der Waals surface area contributed by atoms with Crippen LogP contribution in [0.25, 0.3) is 0 Å². The van der Waals surface area contributed by atoms with E-state index in [1.807, 2.05) is 5.92 Å². The average Bonchev–Trinajstić information content (AvgIpc) is 1.68. The van der Waals surface area contributed by atoms with Gasteiger partial charge in [-0.1, -0.05) is 5.92 Å². The molecule has 1 atom stereocenters. The van der Waals surface area contributed by atoms with Crippen molar-refractivity contribution in [3.63, 3.8) is 0 Å². The van der Waals surface area contributed by atoms with Gasteiger partial charge in [-0.2, -0.15) is 0 Å². The van der Waals surface area contributed by atoms with Crippen LogP contribution in [0.2, 0.25) is 0 Å². The Morgan fingerprint density at radius 3 is 2.57 bits per heavy atom. The van der Waals surface area contributed by atoms with E-state index in [-0.39, 0.29) is 0 Å². The lowest BCUT2D eigenvalue weighted by atomic mass is 10.2. The smallest absolute Gasteiger partial charge is 0.134 e. The van der Waals surface area contributed by atoms with Crippen molar-refractivity contribution in [2.24, 2.45) is 5.92 Å². The summed E-state index contributed by atoms with van der Waals surface area (Å²) in [5.74, 6) is 1.54. The second kappa shape index (κ2) is 3.35. The normalized spacial score (nSPS) is 11.1. The van der Waals surface area contributed by atoms with Crippen molar-refractivity contribution in [2.45, 2.75) is 6.92 Å². The van der Waals surface area contributed by atoms with Crippen LogP contribution in [0, 0.1) is 18.0 Å². The van der Waals surface area contributed by atoms with Gasteiger partial charge in [0.25, 0.3) is 0 Å². The second-order valence-corrected chi connectivity index (χ2v) is 1.16. The topological polar surface area (TPSA) is 17.1 Å². The number of halogens is 1. The Morgan fingerprint density at radius 1 is 1.86 bits per heavy atom. The fourth-order valence-corrected chi connectivity index (χ4v) is 0.120. The van der Waals surface area contributed by atoms with Gasteiger partial charge >= 0.3 is 0 Å². The first-order chi connectivity index (χ1) is 3.31. The number of carbonyl (C=O) groups excluding carboxylic acids is 1. The summed E-state index contributed by atoms with van der Waals surface area (Å²) in [4.78, 5) is 9.63. The van der Waals surface area contributed by atoms with E-state index >= 15 is 0 Å². The number of hydrogen-bond donors (Lipinski definition) is 0. The third-order valence-corrected chi connectivity index (χ3v) is 0.486. The molecule has 0 aromatic rings. The SMILES string of the molecule is CC(C#CF)C=O. The Morgan fingerprint density at radius 2 is 2.43 bits per heavy atom. The molecule has 0 saturated heterocycles. The minimum Gasteiger partial charge on any atom is -0.302 e. The molecule has 0 fully saturated rings. The third-order valence-electron chi connectivity index (χ3n) is 0.486. The lowest BCUT2D eigenvalue weighted by Gasteiger charge is -1.80. The molecule has 0 N–H and O–H groups in total. The molecule has 0 aliphatic heterocycles. The molecule has 0 radical (unpaired) electrons. The molecule has 1 unspecified atom stereocenters. The van der Waals surface area contributed by atoms with E-state index in [1.54, 1.807) is 0 Å². The molecule has 0 aliphatic carbocycles. The van der Waals surface area contributed by atoms with Crippen molar-refractivity contribution in [1.82, 2.24) is 0 Å². The summed E-state index contributed by atoms with van der Waals surface area (Å²) in [5.41, 5.74) is 0. The zero-order valence-electron chi connectivity index (χ0n) is 3.94. The van der Waals surface area contributed by atoms with Crippen molar-refractivity contribution in [3.8, 4) is 12.1 Å². The summed E-state index contributed by atoms with van der Waals surface area (Å²) in [6.45, 7) is 1.53. The Bertz CT molecular complexity index is 109. The summed E-state index contributed by atoms with van der Waals surface area (Å²) >= 11 is 0. The minimum absolute atomic E-state index is 0.468. The zero-order valence-corrected chi connectivity index (χ0v) is 3.94. The first-order valence-electron chi connectivity index (χ1n) is 1.87. The summed E-state index contributed by atoms with van der Waals surface area (Å²) in [5, 5.41) is 0. The first-order valence-corrected chi connectivity index (χ1v) is 1.87. The van der Waals surface area contributed by atoms with Crippen LogP contribution in [0.4, 0.5) is 4.39 Å². The van der Waals surface area contributed by atoms with E-state index < -0.39 is 5.92 Å². The summed E-state index contributed by atoms with van der Waals surface area (Å²) in [6.07, 6.45) is 1.73. The molecule has 1 nitrogen and oxygen atoms in total. The highest BCUT2D eigenvalue weighted by Crippen LogP contribution is 1.81. The van der Waals surface area contributed by atoms with Crippen molar-refractivity contribution in [1.29, 1.82) is 0 Å². The van der Waals surface area contributed by atoms with Gasteiger partial charge in [-0.3, -0.25) is 0 Å². The molecular weight excluding hydrogens is 95.1 g/mol. The van der Waals surface area contributed by atoms with Crippen LogP contribution in [0.15, 0.2) is 0 Å². The maximum atomic E-state index is 10.9. The number of hydrogen-bond acceptors (Lipinski definition) is 1. The number of aldehydes is 1. The molecule has 38 valence electrons. The molecule has 0 aromatic carbocycles. The van der Waals surface area contributed by atoms with Crippen molar-refractivity contribution >= 4 is 6.29 Å². The predicted octanol–water partition coefficient (Wildman–Crippen LogP) is 0.752. The highest BCUT2D eigenvalue weighted by atomic mass is 19.1. The van der Waals surface area contributed by atoms with Crippen molar-refractivity contribution < 1.29 is 9.18 Å². The number of rotatable bonds is 1. The molecule has 0 aromatic heterocycles. The molecule has 0 rings (SSSR count). The van der Waals surface area contributed by atoms with E-state index in [0.717, 1.165) is 6.17 Å². The molecule has 0 aliphatic rings. The highest BCUT2D eigenvalue weighted by molar-refractivity contribution is 5.57. The van der Waals surface area contributed by atoms with Gasteiger partial charge in [-0.25, -0.2) is 0 Å². The maximum Gasteiger partial charge on any atom is 0.134 e. The molecular formula is C5H5FO. The quantitative estimate of drug-likeness (QED) is 0.351. The Balaban J connectivity index is 3.49. The average molecular weight is 100 g/mol. The summed E-state index contributed by atoms with van der Waals surface area (Å²) < 4.78 is 10.9. The van der Waals surface area contributed by atoms with Gasteiger partial charge in [0.05, 0.1) is 5.92 Å². The van der Waals surface area contributed by atoms with Crippen LogP contribution in [0.5, 0.6) is 0 Å². The van der Waals surface area contributed by atoms with Crippen LogP contribution in [0.3, 0.4) is 0 Å². The fraction of sp³-hybridized carbons (Fsp3) is 0.400. The van der Waals surface area contributed by atoms with E-state index in [4.69, 9.17) is 0 Å². The summed E-state index contributed by atoms with van der Waals surface area (Å²) in [6, 6.07) is 0. The fourth-order valence-electron chi connectivity index (χ4n) is 0.120. The highest BCUT2D eigenvalue weighted by Gasteiger charge is 1.87. The predicted molar refractivity (Wildman–Crippen MR) is 24.1 cm³/mol. The number of carbonyl (C=O) groups is 1. The van der Waals surface area contributed by atoms with Gasteiger partial charge < -0.3 is 4.79 Å². The summed E-state index contributed by atoms with van der Waals surface area (Å²) in [7, 11) is 0. The van der Waals surface area contributed by atoms with Gasteiger partial charge in [0, 0.05) is 0 Å². The first kappa shape index (κ1) is 6.16. The lowest BCUT2D eigenvalue weighted by Crippen LogP contribution is -1.87. The second-order valence-electron chi connectivity index (χ2n) is 1.16. The zero-order chi connectivity index (χ0) is 5.70. The monoisotopic (exact) mass is 100 g/mol. The largest absolute Gasteiger partial charge is 0.302 e. The Hall–Kier alpha value is -0.840. The van der Waals surface area contributed by atoms with Gasteiger partial charge in [0.2, 0.25) is 0 Å². The lowest BCUT2D eigenvalue weighted by molar-refractivity contribution is -0.109. The van der Waals surface area contributed by atoms with Gasteiger partial charge in [0.15, 0.2) is 0 Å². The van der Waals surface area contributed by atoms with Gasteiger partial charge in [0.1, 0.15) is 12.5 Å². The molecule has 0 amide bonds. The molecule has 0 heterocycles. The Labute approximate surface area is 41.5 Å². The Kier molecular flexibility index (Phi) is 2.95. The van der Waals surface area contributed by atoms with Gasteiger partial charge in [-0.15, -0.1) is 4.39 Å². The van der Waals surface area contributed by atoms with Crippen LogP contribution in [-0.2, 0) is 4.79 Å². The van der Waals surface area contributed by atoms with Crippen LogP contribution in [0.1, 0.15) is 6.92 Å². The van der Waals surface area contributed by atoms with Crippen LogP contribution < -0.4 is 0 Å². The minimum atomic E-state index is -0.468. The molecule has 2 heteroatoms. The van der Waals surface area contributed by atoms with E-state index in [1.165, 1.54) is 6.92 Å². The van der Waals surface area contributed by atoms with Crippen LogP contribution in [-0.4, -0.2) is 6.29 Å². The van der Waals surface area contributed by atoms with E-state index in [2.05, 4.69) is 0 Å². The maximum absolute atomic E-state index is 10.9. The molecule has 0 spiro atoms. The van der Waals surface area contributed by atoms with Gasteiger partial charge in [-0.05, 0) is 6.92 Å². The molecule has 7 heavy (non-hydrogen) atoms. The third kappa shape index (κ3) is 2.98. The molecule has 0 bridgehead atoms. The van der Waals surface area contributed by atoms with Crippen LogP contribution >= 0.6 is 0 Å². The van der Waals surface area contributed by atoms with E-state index in [9.17, 15) is 9.18 Å². The van der Waals surface area contributed by atoms with Crippen molar-refractivity contribution in [3.05, 3.63) is 0 Å².